The molecule has 2 aromatic rings. The lowest BCUT2D eigenvalue weighted by molar-refractivity contribution is -0.121. The highest BCUT2D eigenvalue weighted by atomic mass is 35.5. The van der Waals surface area contributed by atoms with E-state index in [1.54, 1.807) is 18.2 Å². The van der Waals surface area contributed by atoms with Crippen molar-refractivity contribution in [2.45, 2.75) is 26.2 Å². The summed E-state index contributed by atoms with van der Waals surface area (Å²) in [6, 6.07) is 15.3. The normalized spacial score (nSPS) is 16.2. The van der Waals surface area contributed by atoms with Crippen LogP contribution in [0.15, 0.2) is 53.1 Å². The van der Waals surface area contributed by atoms with Gasteiger partial charge in [0, 0.05) is 23.0 Å². The van der Waals surface area contributed by atoms with Crippen molar-refractivity contribution in [2.24, 2.45) is 0 Å². The molecule has 1 aliphatic heterocycles. The van der Waals surface area contributed by atoms with Crippen molar-refractivity contribution in [3.8, 4) is 6.07 Å². The molecular formula is C22H20ClN3O2S. The Bertz CT molecular complexity index is 1040. The van der Waals surface area contributed by atoms with Crippen molar-refractivity contribution >= 4 is 40.9 Å². The number of hydrogen-bond donors (Lipinski definition) is 2. The third-order valence-electron chi connectivity index (χ3n) is 4.81. The maximum absolute atomic E-state index is 12.4. The molecule has 2 aromatic carbocycles. The number of anilines is 1. The molecule has 0 radical (unpaired) electrons. The van der Waals surface area contributed by atoms with E-state index in [9.17, 15) is 14.9 Å². The van der Waals surface area contributed by atoms with E-state index in [2.05, 4.69) is 16.7 Å². The van der Waals surface area contributed by atoms with E-state index in [4.69, 9.17) is 11.6 Å². The molecule has 3 rings (SSSR count). The number of aryl methyl sites for hydroxylation is 1. The highest BCUT2D eigenvalue weighted by Gasteiger charge is 2.30. The maximum Gasteiger partial charge on any atom is 0.234 e. The van der Waals surface area contributed by atoms with Crippen LogP contribution in [0.1, 0.15) is 29.0 Å². The van der Waals surface area contributed by atoms with Crippen LogP contribution in [0.25, 0.3) is 0 Å². The number of nitrogens with one attached hydrogen (secondary N) is 2. The summed E-state index contributed by atoms with van der Waals surface area (Å²) < 4.78 is 0. The van der Waals surface area contributed by atoms with Crippen LogP contribution in [0.3, 0.4) is 0 Å². The summed E-state index contributed by atoms with van der Waals surface area (Å²) >= 11 is 7.25. The molecular weight excluding hydrogens is 406 g/mol. The molecule has 0 aromatic heterocycles. The summed E-state index contributed by atoms with van der Waals surface area (Å²) in [5.41, 5.74) is 3.89. The van der Waals surface area contributed by atoms with Crippen LogP contribution >= 0.6 is 23.4 Å². The van der Waals surface area contributed by atoms with Gasteiger partial charge in [0.2, 0.25) is 11.8 Å². The number of thioether (sulfide) groups is 1. The zero-order chi connectivity index (χ0) is 21.0. The first-order valence-electron chi connectivity index (χ1n) is 9.08. The molecule has 5 nitrogen and oxygen atoms in total. The van der Waals surface area contributed by atoms with Gasteiger partial charge in [0.15, 0.2) is 0 Å². The quantitative estimate of drug-likeness (QED) is 0.729. The first-order chi connectivity index (χ1) is 13.9. The molecule has 0 fully saturated rings. The van der Waals surface area contributed by atoms with Crippen LogP contribution in [-0.2, 0) is 9.59 Å². The second-order valence-electron chi connectivity index (χ2n) is 6.77. The van der Waals surface area contributed by atoms with E-state index in [0.29, 0.717) is 21.3 Å². The Labute approximate surface area is 179 Å². The third kappa shape index (κ3) is 4.81. The lowest BCUT2D eigenvalue weighted by Crippen LogP contribution is -2.31. The van der Waals surface area contributed by atoms with E-state index >= 15 is 0 Å². The number of carbonyl (C=O) groups is 2. The molecule has 2 amide bonds. The van der Waals surface area contributed by atoms with Gasteiger partial charge in [-0.3, -0.25) is 9.59 Å². The van der Waals surface area contributed by atoms with Crippen LogP contribution in [0.2, 0.25) is 5.02 Å². The smallest absolute Gasteiger partial charge is 0.234 e. The minimum atomic E-state index is -0.310. The number of hydrogen-bond acceptors (Lipinski definition) is 4. The number of amides is 2. The average molecular weight is 426 g/mol. The highest BCUT2D eigenvalue weighted by Crippen LogP contribution is 2.37. The Morgan fingerprint density at radius 2 is 2.03 bits per heavy atom. The van der Waals surface area contributed by atoms with Gasteiger partial charge in [-0.15, -0.1) is 0 Å². The van der Waals surface area contributed by atoms with Gasteiger partial charge in [-0.25, -0.2) is 0 Å². The first kappa shape index (κ1) is 21.0. The van der Waals surface area contributed by atoms with Crippen molar-refractivity contribution in [3.63, 3.8) is 0 Å². The van der Waals surface area contributed by atoms with Crippen LogP contribution in [0.4, 0.5) is 5.69 Å². The van der Waals surface area contributed by atoms with Crippen molar-refractivity contribution in [1.82, 2.24) is 5.32 Å². The molecule has 1 heterocycles. The summed E-state index contributed by atoms with van der Waals surface area (Å²) in [6.07, 6.45) is 0.214. The van der Waals surface area contributed by atoms with E-state index in [-0.39, 0.29) is 29.9 Å². The van der Waals surface area contributed by atoms with Gasteiger partial charge in [-0.2, -0.15) is 5.26 Å². The van der Waals surface area contributed by atoms with Crippen molar-refractivity contribution < 1.29 is 9.59 Å². The molecule has 0 aliphatic carbocycles. The largest absolute Gasteiger partial charge is 0.325 e. The van der Waals surface area contributed by atoms with Crippen LogP contribution in [0, 0.1) is 25.2 Å². The lowest BCUT2D eigenvalue weighted by atomic mass is 9.85. The Hall–Kier alpha value is -2.75. The number of nitrogens with zero attached hydrogens (tertiary/aromatic N) is 1. The van der Waals surface area contributed by atoms with Gasteiger partial charge in [0.25, 0.3) is 0 Å². The average Bonchev–Trinajstić information content (AvgIpc) is 2.70. The molecule has 29 heavy (non-hydrogen) atoms. The highest BCUT2D eigenvalue weighted by molar-refractivity contribution is 8.03. The second-order valence-corrected chi connectivity index (χ2v) is 8.16. The minimum absolute atomic E-state index is 0.0627. The van der Waals surface area contributed by atoms with E-state index in [1.165, 1.54) is 0 Å². The monoisotopic (exact) mass is 425 g/mol. The fourth-order valence-corrected chi connectivity index (χ4v) is 4.29. The maximum atomic E-state index is 12.4. The second kappa shape index (κ2) is 9.17. The number of benzene rings is 2. The van der Waals surface area contributed by atoms with Gasteiger partial charge in [0.1, 0.15) is 0 Å². The Morgan fingerprint density at radius 1 is 1.28 bits per heavy atom. The van der Waals surface area contributed by atoms with Crippen molar-refractivity contribution in [3.05, 3.63) is 74.8 Å². The van der Waals surface area contributed by atoms with E-state index < -0.39 is 0 Å². The fourth-order valence-electron chi connectivity index (χ4n) is 3.24. The molecule has 2 N–H and O–H groups in total. The number of halogens is 1. The molecule has 0 bridgehead atoms. The predicted octanol–water partition coefficient (Wildman–Crippen LogP) is 4.67. The Morgan fingerprint density at radius 3 is 2.76 bits per heavy atom. The summed E-state index contributed by atoms with van der Waals surface area (Å²) in [5, 5.41) is 16.3. The zero-order valence-corrected chi connectivity index (χ0v) is 17.7. The van der Waals surface area contributed by atoms with Crippen LogP contribution in [-0.4, -0.2) is 17.6 Å². The molecule has 1 atom stereocenters. The van der Waals surface area contributed by atoms with Crippen LogP contribution < -0.4 is 10.6 Å². The number of allylic oxidation sites excluding steroid dienone is 1. The van der Waals surface area contributed by atoms with Gasteiger partial charge in [-0.1, -0.05) is 53.7 Å². The SMILES string of the molecule is Cc1ccccc1[C@@H]1CC(=O)NC(SCC(=O)Nc2cccc(Cl)c2C)=C1C#N. The predicted molar refractivity (Wildman–Crippen MR) is 117 cm³/mol. The molecule has 7 heteroatoms. The summed E-state index contributed by atoms with van der Waals surface area (Å²) in [6.45, 7) is 3.79. The topological polar surface area (TPSA) is 82.0 Å². The fraction of sp³-hybridized carbons (Fsp3) is 0.227. The van der Waals surface area contributed by atoms with E-state index in [0.717, 1.165) is 28.5 Å². The van der Waals surface area contributed by atoms with E-state index in [1.807, 2.05) is 38.1 Å². The molecule has 0 saturated heterocycles. The molecule has 0 unspecified atom stereocenters. The van der Waals surface area contributed by atoms with Gasteiger partial charge in [0.05, 0.1) is 22.4 Å². The molecule has 1 aliphatic rings. The molecule has 0 spiro atoms. The number of rotatable bonds is 5. The Balaban J connectivity index is 1.78. The summed E-state index contributed by atoms with van der Waals surface area (Å²) in [7, 11) is 0. The summed E-state index contributed by atoms with van der Waals surface area (Å²) in [4.78, 5) is 24.7. The summed E-state index contributed by atoms with van der Waals surface area (Å²) in [5.74, 6) is -0.647. The minimum Gasteiger partial charge on any atom is -0.325 e. The van der Waals surface area contributed by atoms with Gasteiger partial charge < -0.3 is 10.6 Å². The first-order valence-corrected chi connectivity index (χ1v) is 10.4. The third-order valence-corrected chi connectivity index (χ3v) is 6.24. The number of nitriles is 1. The standard InChI is InChI=1S/C22H20ClN3O2S/c1-13-6-3-4-7-15(13)16-10-20(27)26-22(17(16)11-24)29-12-21(28)25-19-9-5-8-18(23)14(19)2/h3-9,16H,10,12H2,1-2H3,(H,25,28)(H,26,27)/t16-/m0/s1. The molecule has 0 saturated carbocycles. The van der Waals surface area contributed by atoms with Gasteiger partial charge in [-0.05, 0) is 42.7 Å². The van der Waals surface area contributed by atoms with Crippen molar-refractivity contribution in [1.29, 1.82) is 5.26 Å². The lowest BCUT2D eigenvalue weighted by Gasteiger charge is -2.26. The van der Waals surface area contributed by atoms with Gasteiger partial charge >= 0.3 is 0 Å². The van der Waals surface area contributed by atoms with Crippen LogP contribution in [0.5, 0.6) is 0 Å². The van der Waals surface area contributed by atoms with Crippen molar-refractivity contribution in [2.75, 3.05) is 11.1 Å². The Kier molecular flexibility index (Phi) is 6.63. The molecule has 148 valence electrons. The zero-order valence-electron chi connectivity index (χ0n) is 16.1. The number of carbonyl (C=O) groups excluding carboxylic acids is 2.